The van der Waals surface area contributed by atoms with E-state index in [2.05, 4.69) is 10.6 Å². The van der Waals surface area contributed by atoms with Crippen molar-refractivity contribution in [3.05, 3.63) is 29.8 Å². The first-order valence-corrected chi connectivity index (χ1v) is 6.25. The van der Waals surface area contributed by atoms with Gasteiger partial charge in [-0.05, 0) is 33.0 Å². The Morgan fingerprint density at radius 3 is 2.61 bits per heavy atom. The van der Waals surface area contributed by atoms with Crippen LogP contribution in [0.15, 0.2) is 24.3 Å². The SMILES string of the molecule is CNCCC(=O)NC(C)COc1ccc(C)cc1. The Hall–Kier alpha value is -1.55. The Bertz CT molecular complexity index is 363. The number of rotatable bonds is 7. The molecule has 0 fully saturated rings. The summed E-state index contributed by atoms with van der Waals surface area (Å²) < 4.78 is 5.60. The molecule has 1 rings (SSSR count). The van der Waals surface area contributed by atoms with Crippen molar-refractivity contribution in [3.63, 3.8) is 0 Å². The van der Waals surface area contributed by atoms with E-state index in [-0.39, 0.29) is 11.9 Å². The highest BCUT2D eigenvalue weighted by atomic mass is 16.5. The first-order chi connectivity index (χ1) is 8.61. The minimum atomic E-state index is 0.00987. The molecule has 0 heterocycles. The third-order valence-corrected chi connectivity index (χ3v) is 2.53. The molecule has 0 aliphatic rings. The van der Waals surface area contributed by atoms with Crippen LogP contribution in [0.2, 0.25) is 0 Å². The summed E-state index contributed by atoms with van der Waals surface area (Å²) in [7, 11) is 1.83. The van der Waals surface area contributed by atoms with Crippen LogP contribution in [-0.4, -0.2) is 32.1 Å². The smallest absolute Gasteiger partial charge is 0.221 e. The maximum atomic E-state index is 11.5. The molecule has 1 aromatic rings. The van der Waals surface area contributed by atoms with Crippen molar-refractivity contribution in [3.8, 4) is 5.75 Å². The molecule has 0 bridgehead atoms. The zero-order valence-corrected chi connectivity index (χ0v) is 11.3. The Morgan fingerprint density at radius 2 is 2.00 bits per heavy atom. The second kappa shape index (κ2) is 7.71. The molecule has 0 saturated carbocycles. The number of benzene rings is 1. The van der Waals surface area contributed by atoms with Crippen molar-refractivity contribution in [2.45, 2.75) is 26.3 Å². The first-order valence-electron chi connectivity index (χ1n) is 6.25. The number of hydrogen-bond donors (Lipinski definition) is 2. The fourth-order valence-electron chi connectivity index (χ4n) is 1.48. The molecule has 1 unspecified atom stereocenters. The summed E-state index contributed by atoms with van der Waals surface area (Å²) in [6.07, 6.45) is 0.491. The van der Waals surface area contributed by atoms with E-state index >= 15 is 0 Å². The highest BCUT2D eigenvalue weighted by Gasteiger charge is 2.07. The molecule has 4 nitrogen and oxygen atoms in total. The first kappa shape index (κ1) is 14.5. The van der Waals surface area contributed by atoms with E-state index < -0.39 is 0 Å². The molecule has 1 amide bonds. The van der Waals surface area contributed by atoms with E-state index in [1.54, 1.807) is 0 Å². The zero-order valence-electron chi connectivity index (χ0n) is 11.3. The number of aryl methyl sites for hydroxylation is 1. The number of nitrogens with one attached hydrogen (secondary N) is 2. The predicted molar refractivity (Wildman–Crippen MR) is 72.8 cm³/mol. The van der Waals surface area contributed by atoms with Gasteiger partial charge in [-0.15, -0.1) is 0 Å². The summed E-state index contributed by atoms with van der Waals surface area (Å²) in [4.78, 5) is 11.5. The second-order valence-corrected chi connectivity index (χ2v) is 4.45. The van der Waals surface area contributed by atoms with Gasteiger partial charge in [0.2, 0.25) is 5.91 Å². The lowest BCUT2D eigenvalue weighted by atomic mass is 10.2. The Balaban J connectivity index is 2.26. The summed E-state index contributed by atoms with van der Waals surface area (Å²) in [5.74, 6) is 0.876. The topological polar surface area (TPSA) is 50.4 Å². The van der Waals surface area contributed by atoms with Gasteiger partial charge in [0.1, 0.15) is 12.4 Å². The van der Waals surface area contributed by atoms with Crippen LogP contribution in [0.1, 0.15) is 18.9 Å². The van der Waals surface area contributed by atoms with Gasteiger partial charge < -0.3 is 15.4 Å². The van der Waals surface area contributed by atoms with E-state index in [9.17, 15) is 4.79 Å². The van der Waals surface area contributed by atoms with E-state index in [4.69, 9.17) is 4.74 Å². The molecule has 100 valence electrons. The summed E-state index contributed by atoms with van der Waals surface area (Å²) >= 11 is 0. The molecule has 1 aromatic carbocycles. The number of amides is 1. The van der Waals surface area contributed by atoms with Crippen LogP contribution in [0.4, 0.5) is 0 Å². The van der Waals surface area contributed by atoms with Crippen molar-refractivity contribution < 1.29 is 9.53 Å². The van der Waals surface area contributed by atoms with Crippen LogP contribution in [0.25, 0.3) is 0 Å². The van der Waals surface area contributed by atoms with Gasteiger partial charge in [0.15, 0.2) is 0 Å². The molecule has 2 N–H and O–H groups in total. The van der Waals surface area contributed by atoms with Crippen molar-refractivity contribution in [1.82, 2.24) is 10.6 Å². The fourth-order valence-corrected chi connectivity index (χ4v) is 1.48. The van der Waals surface area contributed by atoms with Gasteiger partial charge >= 0.3 is 0 Å². The Morgan fingerprint density at radius 1 is 1.33 bits per heavy atom. The molecular weight excluding hydrogens is 228 g/mol. The Labute approximate surface area is 109 Å². The molecular formula is C14H22N2O2. The summed E-state index contributed by atoms with van der Waals surface area (Å²) in [6, 6.07) is 7.89. The average Bonchev–Trinajstić information content (AvgIpc) is 2.35. The van der Waals surface area contributed by atoms with Crippen molar-refractivity contribution in [2.75, 3.05) is 20.2 Å². The molecule has 0 radical (unpaired) electrons. The van der Waals surface area contributed by atoms with Crippen LogP contribution in [-0.2, 0) is 4.79 Å². The molecule has 1 atom stereocenters. The third-order valence-electron chi connectivity index (χ3n) is 2.53. The monoisotopic (exact) mass is 250 g/mol. The quantitative estimate of drug-likeness (QED) is 0.771. The largest absolute Gasteiger partial charge is 0.491 e. The zero-order chi connectivity index (χ0) is 13.4. The normalized spacial score (nSPS) is 11.9. The lowest BCUT2D eigenvalue weighted by Gasteiger charge is -2.15. The summed E-state index contributed by atoms with van der Waals surface area (Å²) in [6.45, 7) is 5.14. The standard InChI is InChI=1S/C14H22N2O2/c1-11-4-6-13(7-5-11)18-10-12(2)16-14(17)8-9-15-3/h4-7,12,15H,8-10H2,1-3H3,(H,16,17). The van der Waals surface area contributed by atoms with Gasteiger partial charge in [-0.1, -0.05) is 17.7 Å². The van der Waals surface area contributed by atoms with Crippen molar-refractivity contribution in [2.24, 2.45) is 0 Å². The predicted octanol–water partition coefficient (Wildman–Crippen LogP) is 1.49. The van der Waals surface area contributed by atoms with Crippen LogP contribution in [0.5, 0.6) is 5.75 Å². The van der Waals surface area contributed by atoms with Crippen LogP contribution < -0.4 is 15.4 Å². The van der Waals surface area contributed by atoms with E-state index in [1.807, 2.05) is 45.2 Å². The van der Waals surface area contributed by atoms with Crippen LogP contribution >= 0.6 is 0 Å². The molecule has 18 heavy (non-hydrogen) atoms. The fraction of sp³-hybridized carbons (Fsp3) is 0.500. The van der Waals surface area contributed by atoms with Crippen LogP contribution in [0, 0.1) is 6.92 Å². The van der Waals surface area contributed by atoms with Crippen LogP contribution in [0.3, 0.4) is 0 Å². The highest BCUT2D eigenvalue weighted by Crippen LogP contribution is 2.11. The number of carbonyl (C=O) groups excluding carboxylic acids is 1. The molecule has 0 aromatic heterocycles. The van der Waals surface area contributed by atoms with Gasteiger partial charge in [-0.3, -0.25) is 4.79 Å². The van der Waals surface area contributed by atoms with E-state index in [0.29, 0.717) is 19.6 Å². The van der Waals surface area contributed by atoms with Gasteiger partial charge in [-0.25, -0.2) is 0 Å². The minimum absolute atomic E-state index is 0.00987. The molecule has 4 heteroatoms. The van der Waals surface area contributed by atoms with Crippen molar-refractivity contribution >= 4 is 5.91 Å². The number of hydrogen-bond acceptors (Lipinski definition) is 3. The lowest BCUT2D eigenvalue weighted by Crippen LogP contribution is -2.37. The average molecular weight is 250 g/mol. The van der Waals surface area contributed by atoms with Gasteiger partial charge in [0.05, 0.1) is 6.04 Å². The minimum Gasteiger partial charge on any atom is -0.491 e. The van der Waals surface area contributed by atoms with Gasteiger partial charge in [-0.2, -0.15) is 0 Å². The number of carbonyl (C=O) groups is 1. The molecule has 0 aliphatic carbocycles. The number of ether oxygens (including phenoxy) is 1. The van der Waals surface area contributed by atoms with Gasteiger partial charge in [0.25, 0.3) is 0 Å². The van der Waals surface area contributed by atoms with Crippen molar-refractivity contribution in [1.29, 1.82) is 0 Å². The summed E-state index contributed by atoms with van der Waals surface area (Å²) in [5.41, 5.74) is 1.20. The molecule has 0 saturated heterocycles. The molecule has 0 spiro atoms. The second-order valence-electron chi connectivity index (χ2n) is 4.45. The maximum absolute atomic E-state index is 11.5. The maximum Gasteiger partial charge on any atom is 0.221 e. The van der Waals surface area contributed by atoms with Gasteiger partial charge in [0, 0.05) is 13.0 Å². The van der Waals surface area contributed by atoms with E-state index in [0.717, 1.165) is 5.75 Å². The third kappa shape index (κ3) is 5.68. The Kier molecular flexibility index (Phi) is 6.22. The summed E-state index contributed by atoms with van der Waals surface area (Å²) in [5, 5.41) is 5.84. The highest BCUT2D eigenvalue weighted by molar-refractivity contribution is 5.76. The molecule has 0 aliphatic heterocycles. The lowest BCUT2D eigenvalue weighted by molar-refractivity contribution is -0.121. The van der Waals surface area contributed by atoms with E-state index in [1.165, 1.54) is 5.56 Å².